The second-order valence-corrected chi connectivity index (χ2v) is 6.35. The van der Waals surface area contributed by atoms with Gasteiger partial charge in [-0.1, -0.05) is 13.8 Å². The Morgan fingerprint density at radius 2 is 2.21 bits per heavy atom. The van der Waals surface area contributed by atoms with Gasteiger partial charge in [0.1, 0.15) is 5.04 Å². The van der Waals surface area contributed by atoms with Crippen molar-refractivity contribution < 1.29 is 9.53 Å². The number of nitrogens with zero attached hydrogens (tertiary/aromatic N) is 1. The van der Waals surface area contributed by atoms with Gasteiger partial charge in [-0.3, -0.25) is 0 Å². The third-order valence-electron chi connectivity index (χ3n) is 2.94. The van der Waals surface area contributed by atoms with E-state index in [0.717, 1.165) is 22.9 Å². The molecule has 0 aromatic rings. The minimum atomic E-state index is -0.454. The molecule has 1 unspecified atom stereocenters. The summed E-state index contributed by atoms with van der Waals surface area (Å²) in [6.45, 7) is 6.35. The number of allylic oxidation sites excluding steroid dienone is 1. The van der Waals surface area contributed by atoms with Crippen molar-refractivity contribution in [1.29, 1.82) is 0 Å². The quantitative estimate of drug-likeness (QED) is 0.604. The average molecular weight is 281 g/mol. The molecular weight excluding hydrogens is 262 g/mol. The molecule has 0 radical (unpaired) electrons. The smallest absolute Gasteiger partial charge is 0.358 e. The minimum absolute atomic E-state index is 0.00411. The Kier molecular flexibility index (Phi) is 4.09. The van der Waals surface area contributed by atoms with Gasteiger partial charge in [-0.05, 0) is 30.0 Å². The first-order valence-electron chi connectivity index (χ1n) is 6.43. The lowest BCUT2D eigenvalue weighted by molar-refractivity contribution is -0.138. The maximum atomic E-state index is 11.8. The van der Waals surface area contributed by atoms with Crippen LogP contribution in [0.25, 0.3) is 0 Å². The van der Waals surface area contributed by atoms with Crippen LogP contribution >= 0.6 is 10.5 Å². The van der Waals surface area contributed by atoms with Gasteiger partial charge in [0.2, 0.25) is 0 Å². The molecule has 2 aliphatic heterocycles. The lowest BCUT2D eigenvalue weighted by Gasteiger charge is -2.19. The van der Waals surface area contributed by atoms with Gasteiger partial charge >= 0.3 is 5.97 Å². The van der Waals surface area contributed by atoms with Crippen molar-refractivity contribution in [3.63, 3.8) is 0 Å². The van der Waals surface area contributed by atoms with Crippen LogP contribution in [0.15, 0.2) is 28.3 Å². The van der Waals surface area contributed by atoms with Crippen LogP contribution in [-0.4, -0.2) is 28.2 Å². The fourth-order valence-corrected chi connectivity index (χ4v) is 4.16. The lowest BCUT2D eigenvalue weighted by atomic mass is 10.2. The molecule has 104 valence electrons. The molecule has 0 saturated heterocycles. The van der Waals surface area contributed by atoms with Gasteiger partial charge in [0.25, 0.3) is 0 Å². The van der Waals surface area contributed by atoms with E-state index in [1.807, 2.05) is 0 Å². The van der Waals surface area contributed by atoms with E-state index in [2.05, 4.69) is 30.2 Å². The van der Waals surface area contributed by atoms with E-state index in [1.54, 1.807) is 6.92 Å². The van der Waals surface area contributed by atoms with E-state index in [-0.39, 0.29) is 22.0 Å². The number of carbonyl (C=O) groups excluding carboxylic acids is 1. The van der Waals surface area contributed by atoms with Gasteiger partial charge in [0, 0.05) is 0 Å². The predicted molar refractivity (Wildman–Crippen MR) is 79.9 cm³/mol. The van der Waals surface area contributed by atoms with Gasteiger partial charge in [0.05, 0.1) is 12.3 Å². The highest BCUT2D eigenvalue weighted by molar-refractivity contribution is 8.29. The van der Waals surface area contributed by atoms with Crippen LogP contribution in [0.2, 0.25) is 0 Å². The molecule has 19 heavy (non-hydrogen) atoms. The number of hydrogen-bond acceptors (Lipinski definition) is 5. The highest BCUT2D eigenvalue weighted by Gasteiger charge is 2.28. The molecule has 0 aromatic carbocycles. The zero-order chi connectivity index (χ0) is 14.0. The molecule has 0 fully saturated rings. The lowest BCUT2D eigenvalue weighted by Crippen LogP contribution is -2.31. The fourth-order valence-electron chi connectivity index (χ4n) is 2.08. The third kappa shape index (κ3) is 2.45. The summed E-state index contributed by atoms with van der Waals surface area (Å²) in [5.74, 6) is 0.769. The number of fused-ring (bicyclic) bond motifs is 1. The van der Waals surface area contributed by atoms with Gasteiger partial charge < -0.3 is 15.8 Å². The predicted octanol–water partition coefficient (Wildman–Crippen LogP) is 1.45. The highest BCUT2D eigenvalue weighted by Crippen LogP contribution is 2.33. The molecule has 6 heteroatoms. The molecule has 3 N–H and O–H groups in total. The van der Waals surface area contributed by atoms with Crippen molar-refractivity contribution in [2.75, 3.05) is 12.4 Å². The Bertz CT molecular complexity index is 544. The molecule has 0 spiro atoms. The summed E-state index contributed by atoms with van der Waals surface area (Å²) >= 11 is 0. The number of aliphatic imine (C=N–C) groups is 1. The van der Waals surface area contributed by atoms with Gasteiger partial charge in [-0.15, -0.1) is 10.5 Å². The van der Waals surface area contributed by atoms with E-state index in [4.69, 9.17) is 10.5 Å². The molecule has 2 heterocycles. The van der Waals surface area contributed by atoms with Crippen molar-refractivity contribution in [2.24, 2.45) is 10.7 Å². The van der Waals surface area contributed by atoms with Crippen LogP contribution in [0, 0.1) is 0 Å². The zero-order valence-corrected chi connectivity index (χ0v) is 12.3. The van der Waals surface area contributed by atoms with Crippen LogP contribution in [0.3, 0.4) is 0 Å². The van der Waals surface area contributed by atoms with Gasteiger partial charge in [-0.2, -0.15) is 0 Å². The Labute approximate surface area is 115 Å². The first kappa shape index (κ1) is 13.9. The minimum Gasteiger partial charge on any atom is -0.461 e. The summed E-state index contributed by atoms with van der Waals surface area (Å²) in [6, 6.07) is 0. The van der Waals surface area contributed by atoms with Crippen LogP contribution in [0.4, 0.5) is 0 Å². The van der Waals surface area contributed by atoms with E-state index >= 15 is 0 Å². The number of nitrogens with two attached hydrogens (primary N) is 1. The Morgan fingerprint density at radius 1 is 1.47 bits per heavy atom. The molecule has 0 saturated carbocycles. The van der Waals surface area contributed by atoms with E-state index in [0.29, 0.717) is 6.61 Å². The van der Waals surface area contributed by atoms with Gasteiger partial charge in [0.15, 0.2) is 11.5 Å². The summed E-state index contributed by atoms with van der Waals surface area (Å²) in [5.41, 5.74) is 7.00. The number of rotatable bonds is 4. The third-order valence-corrected chi connectivity index (χ3v) is 5.33. The molecule has 0 amide bonds. The standard InChI is InChI=1S/C13H19N3O2S/c1-4-8-7-9-12(19(8)6-3)16-11(14)10(15-9)13(17)18-5-2/h7,15H,4-6,14H2,1-3H3. The van der Waals surface area contributed by atoms with Gasteiger partial charge in [-0.25, -0.2) is 9.79 Å². The zero-order valence-electron chi connectivity index (χ0n) is 11.4. The number of ether oxygens (including phenoxy) is 1. The number of esters is 1. The number of carbonyl (C=O) groups is 1. The monoisotopic (exact) mass is 281 g/mol. The second kappa shape index (κ2) is 5.61. The number of nitrogens with one attached hydrogen (secondary N) is 1. The first-order chi connectivity index (χ1) is 9.12. The Balaban J connectivity index is 2.36. The molecule has 0 aliphatic carbocycles. The second-order valence-electron chi connectivity index (χ2n) is 4.08. The molecule has 5 nitrogen and oxygen atoms in total. The normalized spacial score (nSPS) is 21.6. The molecule has 0 bridgehead atoms. The molecular formula is C13H19N3O2S. The summed E-state index contributed by atoms with van der Waals surface area (Å²) in [4.78, 5) is 17.5. The first-order valence-corrected chi connectivity index (χ1v) is 7.83. The summed E-state index contributed by atoms with van der Waals surface area (Å²) in [7, 11) is 0.00411. The van der Waals surface area contributed by atoms with E-state index in [9.17, 15) is 4.79 Å². The molecule has 2 rings (SSSR count). The maximum absolute atomic E-state index is 11.8. The van der Waals surface area contributed by atoms with Crippen LogP contribution in [0.5, 0.6) is 0 Å². The summed E-state index contributed by atoms with van der Waals surface area (Å²) in [5, 5.41) is 4.04. The SMILES string of the molecule is CCOC(=O)C1=C(N)N=C2C(=CC(CC)=S2CC)N1. The topological polar surface area (TPSA) is 76.7 Å². The van der Waals surface area contributed by atoms with Crippen LogP contribution in [-0.2, 0) is 9.53 Å². The average Bonchev–Trinajstić information content (AvgIpc) is 2.74. The van der Waals surface area contributed by atoms with Crippen molar-refractivity contribution in [3.05, 3.63) is 23.3 Å². The Morgan fingerprint density at radius 3 is 2.79 bits per heavy atom. The molecule has 0 aromatic heterocycles. The largest absolute Gasteiger partial charge is 0.461 e. The van der Waals surface area contributed by atoms with E-state index in [1.165, 1.54) is 4.86 Å². The van der Waals surface area contributed by atoms with Crippen molar-refractivity contribution in [1.82, 2.24) is 5.32 Å². The maximum Gasteiger partial charge on any atom is 0.358 e. The number of hydrogen-bond donors (Lipinski definition) is 2. The molecule has 1 atom stereocenters. The summed E-state index contributed by atoms with van der Waals surface area (Å²) < 4.78 is 4.97. The van der Waals surface area contributed by atoms with Crippen molar-refractivity contribution in [3.8, 4) is 0 Å². The van der Waals surface area contributed by atoms with Crippen LogP contribution in [0.1, 0.15) is 27.2 Å². The fraction of sp³-hybridized carbons (Fsp3) is 0.462. The molecule has 2 aliphatic rings. The summed E-state index contributed by atoms with van der Waals surface area (Å²) in [6.07, 6.45) is 3.06. The van der Waals surface area contributed by atoms with Crippen molar-refractivity contribution >= 4 is 26.4 Å². The van der Waals surface area contributed by atoms with E-state index < -0.39 is 5.97 Å². The van der Waals surface area contributed by atoms with Crippen LogP contribution < -0.4 is 11.1 Å². The van der Waals surface area contributed by atoms with Crippen molar-refractivity contribution in [2.45, 2.75) is 27.2 Å². The highest BCUT2D eigenvalue weighted by atomic mass is 32.2. The Hall–Kier alpha value is -1.56.